The van der Waals surface area contributed by atoms with Crippen molar-refractivity contribution in [3.05, 3.63) is 21.7 Å². The first-order valence-corrected chi connectivity index (χ1v) is 8.58. The molecule has 0 atom stereocenters. The molecule has 0 aliphatic heterocycles. The van der Waals surface area contributed by atoms with E-state index in [1.165, 1.54) is 7.11 Å². The SMILES string of the molecule is COCn1oc(CC(C)(C)C)c(CC(NC(C)=O)(C(=O)OC)C(=O)OC)c1=O. The zero-order valence-electron chi connectivity index (χ0n) is 17.3. The smallest absolute Gasteiger partial charge is 0.343 e. The first-order chi connectivity index (χ1) is 12.9. The molecule has 158 valence electrons. The molecule has 1 rings (SSSR count). The number of hydrogen-bond donors (Lipinski definition) is 1. The topological polar surface area (TPSA) is 126 Å². The molecule has 1 N–H and O–H groups in total. The molecule has 1 amide bonds. The van der Waals surface area contributed by atoms with Gasteiger partial charge in [0.2, 0.25) is 11.4 Å². The molecular formula is C18H28N2O8. The number of hydrogen-bond acceptors (Lipinski definition) is 8. The minimum absolute atomic E-state index is 0.0523. The van der Waals surface area contributed by atoms with Crippen LogP contribution in [-0.4, -0.2) is 49.5 Å². The van der Waals surface area contributed by atoms with Crippen LogP contribution >= 0.6 is 0 Å². The number of nitrogens with one attached hydrogen (secondary N) is 1. The summed E-state index contributed by atoms with van der Waals surface area (Å²) < 4.78 is 21.0. The number of carbonyl (C=O) groups excluding carboxylic acids is 3. The lowest BCUT2D eigenvalue weighted by molar-refractivity contribution is -0.165. The molecule has 0 radical (unpaired) electrons. The Labute approximate surface area is 163 Å². The Kier molecular flexibility index (Phi) is 7.57. The Balaban J connectivity index is 3.64. The molecule has 0 aromatic carbocycles. The van der Waals surface area contributed by atoms with Crippen LogP contribution in [0.4, 0.5) is 0 Å². The summed E-state index contributed by atoms with van der Waals surface area (Å²) >= 11 is 0. The van der Waals surface area contributed by atoms with Gasteiger partial charge >= 0.3 is 11.9 Å². The predicted molar refractivity (Wildman–Crippen MR) is 97.4 cm³/mol. The van der Waals surface area contributed by atoms with E-state index in [4.69, 9.17) is 18.7 Å². The molecule has 0 spiro atoms. The van der Waals surface area contributed by atoms with Gasteiger partial charge in [0, 0.05) is 26.9 Å². The monoisotopic (exact) mass is 400 g/mol. The third kappa shape index (κ3) is 5.22. The Morgan fingerprint density at radius 1 is 1.04 bits per heavy atom. The van der Waals surface area contributed by atoms with E-state index in [1.54, 1.807) is 0 Å². The van der Waals surface area contributed by atoms with Crippen molar-refractivity contribution < 1.29 is 33.1 Å². The fourth-order valence-electron chi connectivity index (χ4n) is 2.78. The minimum atomic E-state index is -2.23. The summed E-state index contributed by atoms with van der Waals surface area (Å²) in [6, 6.07) is 0. The largest absolute Gasteiger partial charge is 0.467 e. The lowest BCUT2D eigenvalue weighted by Gasteiger charge is -2.28. The lowest BCUT2D eigenvalue weighted by atomic mass is 9.85. The number of esters is 2. The maximum absolute atomic E-state index is 12.8. The zero-order chi connectivity index (χ0) is 21.7. The van der Waals surface area contributed by atoms with Gasteiger partial charge in [-0.15, -0.1) is 4.74 Å². The second-order valence-corrected chi connectivity index (χ2v) is 7.58. The molecule has 28 heavy (non-hydrogen) atoms. The van der Waals surface area contributed by atoms with Gasteiger partial charge in [0.15, 0.2) is 6.73 Å². The van der Waals surface area contributed by atoms with Gasteiger partial charge in [-0.05, 0) is 5.41 Å². The zero-order valence-corrected chi connectivity index (χ0v) is 17.3. The number of ether oxygens (including phenoxy) is 3. The lowest BCUT2D eigenvalue weighted by Crippen LogP contribution is -2.62. The van der Waals surface area contributed by atoms with Crippen molar-refractivity contribution in [2.45, 2.75) is 52.8 Å². The maximum Gasteiger partial charge on any atom is 0.343 e. The molecule has 0 saturated heterocycles. The Morgan fingerprint density at radius 3 is 1.96 bits per heavy atom. The van der Waals surface area contributed by atoms with Gasteiger partial charge < -0.3 is 24.1 Å². The van der Waals surface area contributed by atoms with Gasteiger partial charge in [0.25, 0.3) is 5.56 Å². The third-order valence-electron chi connectivity index (χ3n) is 3.88. The van der Waals surface area contributed by atoms with Gasteiger partial charge in [-0.3, -0.25) is 9.59 Å². The van der Waals surface area contributed by atoms with E-state index in [0.717, 1.165) is 25.9 Å². The summed E-state index contributed by atoms with van der Waals surface area (Å²) in [6.45, 7) is 6.79. The third-order valence-corrected chi connectivity index (χ3v) is 3.88. The van der Waals surface area contributed by atoms with Crippen LogP contribution in [0, 0.1) is 5.41 Å². The standard InChI is InChI=1S/C18H28N2O8/c1-11(21)19-18(15(23)26-6,16(24)27-7)8-12-13(9-17(2,3)4)28-20(10-25-5)14(12)22/h8-10H2,1-7H3,(H,19,21). The molecule has 1 aromatic rings. The van der Waals surface area contributed by atoms with Crippen molar-refractivity contribution in [2.24, 2.45) is 5.41 Å². The first kappa shape index (κ1) is 23.4. The molecule has 1 aromatic heterocycles. The molecule has 0 bridgehead atoms. The molecule has 0 aliphatic rings. The fourth-order valence-corrected chi connectivity index (χ4v) is 2.78. The quantitative estimate of drug-likeness (QED) is 0.491. The number of carbonyl (C=O) groups is 3. The average Bonchev–Trinajstić information content (AvgIpc) is 2.86. The molecule has 0 fully saturated rings. The van der Waals surface area contributed by atoms with Gasteiger partial charge in [0.1, 0.15) is 5.76 Å². The van der Waals surface area contributed by atoms with Crippen LogP contribution in [0.25, 0.3) is 0 Å². The summed E-state index contributed by atoms with van der Waals surface area (Å²) in [7, 11) is 3.52. The Bertz CT molecular complexity index is 768. The van der Waals surface area contributed by atoms with E-state index in [-0.39, 0.29) is 23.5 Å². The number of amides is 1. The average molecular weight is 400 g/mol. The molecule has 10 nitrogen and oxygen atoms in total. The minimum Gasteiger partial charge on any atom is -0.467 e. The highest BCUT2D eigenvalue weighted by molar-refractivity contribution is 6.07. The number of rotatable bonds is 8. The van der Waals surface area contributed by atoms with Gasteiger partial charge in [-0.25, -0.2) is 9.59 Å². The van der Waals surface area contributed by atoms with E-state index in [2.05, 4.69) is 5.32 Å². The summed E-state index contributed by atoms with van der Waals surface area (Å²) in [5, 5.41) is 2.29. The van der Waals surface area contributed by atoms with Gasteiger partial charge in [-0.1, -0.05) is 20.8 Å². The van der Waals surface area contributed by atoms with Crippen LogP contribution in [0.1, 0.15) is 39.0 Å². The van der Waals surface area contributed by atoms with Crippen molar-refractivity contribution in [1.29, 1.82) is 0 Å². The molecule has 1 heterocycles. The fraction of sp³-hybridized carbons (Fsp3) is 0.667. The Hall–Kier alpha value is -2.62. The molecule has 0 unspecified atom stereocenters. The van der Waals surface area contributed by atoms with Crippen LogP contribution in [0.2, 0.25) is 0 Å². The number of methoxy groups -OCH3 is 3. The highest BCUT2D eigenvalue weighted by Gasteiger charge is 2.51. The summed E-state index contributed by atoms with van der Waals surface area (Å²) in [5.74, 6) is -2.52. The summed E-state index contributed by atoms with van der Waals surface area (Å²) in [5.41, 5.74) is -3.02. The second kappa shape index (κ2) is 9.05. The van der Waals surface area contributed by atoms with E-state index in [1.807, 2.05) is 20.8 Å². The van der Waals surface area contributed by atoms with E-state index in [9.17, 15) is 19.2 Å². The van der Waals surface area contributed by atoms with E-state index >= 15 is 0 Å². The highest BCUT2D eigenvalue weighted by atomic mass is 16.6. The predicted octanol–water partition coefficient (Wildman–Crippen LogP) is 0.397. The van der Waals surface area contributed by atoms with Crippen LogP contribution in [0.3, 0.4) is 0 Å². The molecule has 0 saturated carbocycles. The molecule has 10 heteroatoms. The van der Waals surface area contributed by atoms with Gasteiger partial charge in [0.05, 0.1) is 19.8 Å². The first-order valence-electron chi connectivity index (χ1n) is 8.58. The second-order valence-electron chi connectivity index (χ2n) is 7.58. The summed E-state index contributed by atoms with van der Waals surface area (Å²) in [6.07, 6.45) is -0.150. The van der Waals surface area contributed by atoms with E-state index < -0.39 is 35.4 Å². The number of aromatic nitrogens is 1. The Morgan fingerprint density at radius 2 is 1.57 bits per heavy atom. The molecule has 0 aliphatic carbocycles. The van der Waals surface area contributed by atoms with Crippen LogP contribution < -0.4 is 10.9 Å². The number of nitrogens with zero attached hydrogens (tertiary/aromatic N) is 1. The van der Waals surface area contributed by atoms with Crippen molar-refractivity contribution >= 4 is 17.8 Å². The van der Waals surface area contributed by atoms with Crippen molar-refractivity contribution in [3.63, 3.8) is 0 Å². The summed E-state index contributed by atoms with van der Waals surface area (Å²) in [4.78, 5) is 49.6. The normalized spacial score (nSPS) is 11.8. The van der Waals surface area contributed by atoms with E-state index in [0.29, 0.717) is 6.42 Å². The van der Waals surface area contributed by atoms with Crippen LogP contribution in [-0.2, 0) is 48.2 Å². The highest BCUT2D eigenvalue weighted by Crippen LogP contribution is 2.25. The van der Waals surface area contributed by atoms with Crippen molar-refractivity contribution in [3.8, 4) is 0 Å². The van der Waals surface area contributed by atoms with Crippen molar-refractivity contribution in [1.82, 2.24) is 10.1 Å². The maximum atomic E-state index is 12.8. The van der Waals surface area contributed by atoms with Gasteiger partial charge in [-0.2, -0.15) is 0 Å². The molecular weight excluding hydrogens is 372 g/mol. The van der Waals surface area contributed by atoms with Crippen LogP contribution in [0.15, 0.2) is 9.32 Å². The van der Waals surface area contributed by atoms with Crippen LogP contribution in [0.5, 0.6) is 0 Å². The van der Waals surface area contributed by atoms with Crippen molar-refractivity contribution in [2.75, 3.05) is 21.3 Å².